The maximum Gasteiger partial charge on any atom is 0.279 e. The summed E-state index contributed by atoms with van der Waals surface area (Å²) in [6.07, 6.45) is 0.996. The number of aryl methyl sites for hydroxylation is 1. The Labute approximate surface area is 165 Å². The lowest BCUT2D eigenvalue weighted by atomic mass is 9.95. The molecule has 0 radical (unpaired) electrons. The Morgan fingerprint density at radius 1 is 1.21 bits per heavy atom. The van der Waals surface area contributed by atoms with E-state index in [0.29, 0.717) is 11.6 Å². The molecule has 0 saturated carbocycles. The molecule has 0 aromatic heterocycles. The minimum absolute atomic E-state index is 0.0863. The molecular formula is C21H28N3O4+. The number of amides is 1. The molecule has 2 aromatic rings. The minimum Gasteiger partial charge on any atom is -0.494 e. The highest BCUT2D eigenvalue weighted by molar-refractivity contribution is 5.93. The van der Waals surface area contributed by atoms with Crippen LogP contribution >= 0.6 is 0 Å². The zero-order valence-corrected chi connectivity index (χ0v) is 16.8. The van der Waals surface area contributed by atoms with Gasteiger partial charge in [0.1, 0.15) is 11.8 Å². The third kappa shape index (κ3) is 5.53. The van der Waals surface area contributed by atoms with Gasteiger partial charge in [-0.15, -0.1) is 0 Å². The highest BCUT2D eigenvalue weighted by Gasteiger charge is 2.21. The van der Waals surface area contributed by atoms with Crippen molar-refractivity contribution in [3.63, 3.8) is 0 Å². The number of quaternary nitrogens is 1. The van der Waals surface area contributed by atoms with Crippen LogP contribution < -0.4 is 15.4 Å². The van der Waals surface area contributed by atoms with E-state index in [4.69, 9.17) is 4.74 Å². The molecule has 150 valence electrons. The second-order valence-electron chi connectivity index (χ2n) is 6.99. The Hall–Kier alpha value is -2.93. The van der Waals surface area contributed by atoms with Crippen LogP contribution in [0.2, 0.25) is 0 Å². The number of nitrogens with zero attached hydrogens (tertiary/aromatic N) is 1. The van der Waals surface area contributed by atoms with Crippen LogP contribution in [0, 0.1) is 16.0 Å². The largest absolute Gasteiger partial charge is 0.494 e. The number of nitrogens with two attached hydrogens (primary N) is 1. The normalized spacial score (nSPS) is 11.9. The molecule has 0 fully saturated rings. The quantitative estimate of drug-likeness (QED) is 0.511. The molecule has 0 aliphatic heterocycles. The zero-order valence-electron chi connectivity index (χ0n) is 16.8. The van der Waals surface area contributed by atoms with E-state index >= 15 is 0 Å². The molecule has 0 aliphatic carbocycles. The third-order valence-corrected chi connectivity index (χ3v) is 4.72. The zero-order chi connectivity index (χ0) is 20.7. The van der Waals surface area contributed by atoms with Gasteiger partial charge in [0.25, 0.3) is 11.6 Å². The molecular weight excluding hydrogens is 358 g/mol. The average Bonchev–Trinajstić information content (AvgIpc) is 2.68. The van der Waals surface area contributed by atoms with Crippen molar-refractivity contribution < 1.29 is 19.8 Å². The number of nitro benzene ring substituents is 1. The molecule has 2 rings (SSSR count). The lowest BCUT2D eigenvalue weighted by Gasteiger charge is -2.20. The number of nitrogens with one attached hydrogen (secondary N) is 1. The second kappa shape index (κ2) is 9.85. The van der Waals surface area contributed by atoms with Gasteiger partial charge in [0, 0.05) is 17.5 Å². The van der Waals surface area contributed by atoms with Crippen LogP contribution in [0.3, 0.4) is 0 Å². The van der Waals surface area contributed by atoms with Gasteiger partial charge in [0.05, 0.1) is 23.8 Å². The fraction of sp³-hybridized carbons (Fsp3) is 0.381. The van der Waals surface area contributed by atoms with Gasteiger partial charge in [-0.2, -0.15) is 0 Å². The maximum atomic E-state index is 12.4. The van der Waals surface area contributed by atoms with Crippen molar-refractivity contribution in [2.45, 2.75) is 33.2 Å². The summed E-state index contributed by atoms with van der Waals surface area (Å²) in [4.78, 5) is 22.8. The van der Waals surface area contributed by atoms with Gasteiger partial charge in [-0.3, -0.25) is 14.9 Å². The van der Waals surface area contributed by atoms with Crippen molar-refractivity contribution in [1.29, 1.82) is 0 Å². The van der Waals surface area contributed by atoms with Gasteiger partial charge in [-0.1, -0.05) is 45.0 Å². The van der Waals surface area contributed by atoms with Crippen molar-refractivity contribution >= 4 is 17.3 Å². The number of non-ortho nitro benzene ring substituents is 1. The van der Waals surface area contributed by atoms with Crippen molar-refractivity contribution in [1.82, 2.24) is 0 Å². The lowest BCUT2D eigenvalue weighted by Crippen LogP contribution is -2.88. The van der Waals surface area contributed by atoms with Gasteiger partial charge >= 0.3 is 0 Å². The van der Waals surface area contributed by atoms with E-state index in [0.717, 1.165) is 6.42 Å². The van der Waals surface area contributed by atoms with E-state index < -0.39 is 4.92 Å². The highest BCUT2D eigenvalue weighted by Crippen LogP contribution is 2.28. The van der Waals surface area contributed by atoms with Crippen molar-refractivity contribution in [2.75, 3.05) is 19.0 Å². The van der Waals surface area contributed by atoms with Gasteiger partial charge < -0.3 is 15.4 Å². The Morgan fingerprint density at radius 2 is 1.89 bits per heavy atom. The highest BCUT2D eigenvalue weighted by atomic mass is 16.6. The molecule has 7 nitrogen and oxygen atoms in total. The van der Waals surface area contributed by atoms with Crippen LogP contribution in [-0.4, -0.2) is 24.5 Å². The first-order valence-electron chi connectivity index (χ1n) is 9.40. The molecule has 0 aliphatic rings. The van der Waals surface area contributed by atoms with Crippen molar-refractivity contribution in [3.05, 3.63) is 63.7 Å². The van der Waals surface area contributed by atoms with Crippen LogP contribution in [0.15, 0.2) is 42.5 Å². The number of methoxy groups -OCH3 is 1. The van der Waals surface area contributed by atoms with E-state index in [-0.39, 0.29) is 29.9 Å². The monoisotopic (exact) mass is 386 g/mol. The molecule has 0 saturated heterocycles. The fourth-order valence-electron chi connectivity index (χ4n) is 3.10. The Kier molecular flexibility index (Phi) is 7.52. The van der Waals surface area contributed by atoms with Gasteiger partial charge in [0.2, 0.25) is 0 Å². The Balaban J connectivity index is 2.04. The van der Waals surface area contributed by atoms with Crippen molar-refractivity contribution in [2.24, 2.45) is 5.92 Å². The summed E-state index contributed by atoms with van der Waals surface area (Å²) in [6, 6.07) is 12.8. The van der Waals surface area contributed by atoms with Crippen LogP contribution in [-0.2, 0) is 11.2 Å². The lowest BCUT2D eigenvalue weighted by molar-refractivity contribution is -0.692. The number of hydrogen-bond donors (Lipinski definition) is 2. The number of carbonyl (C=O) groups excluding carboxylic acids is 1. The Morgan fingerprint density at radius 3 is 2.43 bits per heavy atom. The summed E-state index contributed by atoms with van der Waals surface area (Å²) in [5.74, 6) is 0.426. The SMILES string of the molecule is CCc1ccc([C@H]([NH2+]CC(=O)Nc2ccc([N+](=O)[O-])cc2OC)C(C)C)cc1. The van der Waals surface area contributed by atoms with E-state index in [1.54, 1.807) is 0 Å². The van der Waals surface area contributed by atoms with Gasteiger partial charge in [-0.25, -0.2) is 0 Å². The van der Waals surface area contributed by atoms with Gasteiger partial charge in [0.15, 0.2) is 6.54 Å². The number of carbonyl (C=O) groups is 1. The van der Waals surface area contributed by atoms with Crippen LogP contribution in [0.4, 0.5) is 11.4 Å². The molecule has 0 unspecified atom stereocenters. The van der Waals surface area contributed by atoms with Gasteiger partial charge in [-0.05, 0) is 18.1 Å². The first-order valence-corrected chi connectivity index (χ1v) is 9.40. The summed E-state index contributed by atoms with van der Waals surface area (Å²) in [5.41, 5.74) is 2.80. The average molecular weight is 386 g/mol. The smallest absolute Gasteiger partial charge is 0.279 e. The number of benzene rings is 2. The summed E-state index contributed by atoms with van der Waals surface area (Å²) in [5, 5.41) is 15.7. The topological polar surface area (TPSA) is 98.1 Å². The van der Waals surface area contributed by atoms with Crippen LogP contribution in [0.5, 0.6) is 5.75 Å². The standard InChI is InChI=1S/C21H27N3O4/c1-5-15-6-8-16(9-7-15)21(14(2)3)22-13-20(25)23-18-11-10-17(24(26)27)12-19(18)28-4/h6-12,14,21-22H,5,13H2,1-4H3,(H,23,25)/p+1/t21-/m1/s1. The molecule has 28 heavy (non-hydrogen) atoms. The van der Waals surface area contributed by atoms with E-state index in [1.807, 2.05) is 5.32 Å². The second-order valence-corrected chi connectivity index (χ2v) is 6.99. The number of hydrogen-bond acceptors (Lipinski definition) is 4. The maximum absolute atomic E-state index is 12.4. The number of ether oxygens (including phenoxy) is 1. The molecule has 1 amide bonds. The third-order valence-electron chi connectivity index (χ3n) is 4.72. The van der Waals surface area contributed by atoms with Crippen molar-refractivity contribution in [3.8, 4) is 5.75 Å². The molecule has 3 N–H and O–H groups in total. The summed E-state index contributed by atoms with van der Waals surface area (Å²) in [7, 11) is 1.41. The first-order chi connectivity index (χ1) is 13.3. The van der Waals surface area contributed by atoms with E-state index in [1.165, 1.54) is 36.4 Å². The summed E-state index contributed by atoms with van der Waals surface area (Å²) >= 11 is 0. The number of nitro groups is 1. The number of rotatable bonds is 9. The van der Waals surface area contributed by atoms with E-state index in [9.17, 15) is 14.9 Å². The molecule has 2 aromatic carbocycles. The predicted molar refractivity (Wildman–Crippen MR) is 108 cm³/mol. The molecule has 0 heterocycles. The molecule has 0 spiro atoms. The fourth-order valence-corrected chi connectivity index (χ4v) is 3.10. The number of anilines is 1. The predicted octanol–water partition coefficient (Wildman–Crippen LogP) is 3.07. The molecule has 1 atom stereocenters. The van der Waals surface area contributed by atoms with Crippen LogP contribution in [0.25, 0.3) is 0 Å². The van der Waals surface area contributed by atoms with Crippen LogP contribution in [0.1, 0.15) is 37.9 Å². The molecule has 0 bridgehead atoms. The summed E-state index contributed by atoms with van der Waals surface area (Å²) in [6.45, 7) is 6.62. The van der Waals surface area contributed by atoms with E-state index in [2.05, 4.69) is 50.4 Å². The minimum atomic E-state index is -0.501. The molecule has 7 heteroatoms. The summed E-state index contributed by atoms with van der Waals surface area (Å²) < 4.78 is 5.16. The Bertz CT molecular complexity index is 819. The first kappa shape index (κ1) is 21.4.